The highest BCUT2D eigenvalue weighted by Crippen LogP contribution is 2.53. The van der Waals surface area contributed by atoms with E-state index in [0.717, 1.165) is 18.4 Å². The van der Waals surface area contributed by atoms with Gasteiger partial charge in [-0.25, -0.2) is 4.79 Å². The van der Waals surface area contributed by atoms with E-state index in [-0.39, 0.29) is 38.8 Å². The Morgan fingerprint density at radius 3 is 2.45 bits per heavy atom. The molecule has 0 aromatic heterocycles. The standard InChI is InChI=1S/C19H33F3N3O7P/c1-3-4-10-15(23)33(30,31-2)32-14(9-5-6-11-24-18(29)19(20,21)22)16(26)25-12-7-8-13(25)17(27)28/h13-15H,3-12,23H2,1-2H3,(H,24,29)(H,27,28)/t13-,14?,15-,33?/m0/s1. The van der Waals surface area contributed by atoms with Crippen LogP contribution in [0.15, 0.2) is 0 Å². The maximum absolute atomic E-state index is 13.2. The zero-order chi connectivity index (χ0) is 25.2. The number of carboxylic acids is 1. The number of aliphatic carboxylic acids is 1. The lowest BCUT2D eigenvalue weighted by Crippen LogP contribution is -2.46. The molecule has 4 atom stereocenters. The summed E-state index contributed by atoms with van der Waals surface area (Å²) in [6.45, 7) is 1.80. The number of alkyl halides is 3. The second-order valence-electron chi connectivity index (χ2n) is 7.80. The molecule has 0 saturated carbocycles. The summed E-state index contributed by atoms with van der Waals surface area (Å²) in [5.41, 5.74) is 5.99. The number of carbonyl (C=O) groups is 3. The van der Waals surface area contributed by atoms with Gasteiger partial charge in [-0.1, -0.05) is 19.8 Å². The van der Waals surface area contributed by atoms with Crippen LogP contribution in [0.2, 0.25) is 0 Å². The minimum absolute atomic E-state index is 0.0720. The van der Waals surface area contributed by atoms with Gasteiger partial charge < -0.3 is 25.6 Å². The van der Waals surface area contributed by atoms with Gasteiger partial charge in [0.05, 0.1) is 0 Å². The molecule has 33 heavy (non-hydrogen) atoms. The third-order valence-electron chi connectivity index (χ3n) is 5.32. The van der Waals surface area contributed by atoms with Crippen LogP contribution in [0.5, 0.6) is 0 Å². The highest BCUT2D eigenvalue weighted by Gasteiger charge is 2.42. The first-order valence-corrected chi connectivity index (χ1v) is 12.5. The van der Waals surface area contributed by atoms with E-state index in [1.54, 1.807) is 5.32 Å². The summed E-state index contributed by atoms with van der Waals surface area (Å²) in [4.78, 5) is 36.6. The third-order valence-corrected chi connectivity index (χ3v) is 7.45. The first-order valence-electron chi connectivity index (χ1n) is 10.8. The number of rotatable bonds is 14. The number of nitrogens with one attached hydrogen (secondary N) is 1. The van der Waals surface area contributed by atoms with E-state index in [4.69, 9.17) is 14.8 Å². The lowest BCUT2D eigenvalue weighted by molar-refractivity contribution is -0.173. The Bertz CT molecular complexity index is 723. The quantitative estimate of drug-likeness (QED) is 0.242. The van der Waals surface area contributed by atoms with Crippen molar-refractivity contribution in [3.63, 3.8) is 0 Å². The molecular formula is C19H33F3N3O7P. The van der Waals surface area contributed by atoms with Crippen molar-refractivity contribution in [1.29, 1.82) is 0 Å². The van der Waals surface area contributed by atoms with Crippen molar-refractivity contribution < 1.29 is 46.3 Å². The van der Waals surface area contributed by atoms with Gasteiger partial charge in [-0.2, -0.15) is 13.2 Å². The molecule has 2 amide bonds. The van der Waals surface area contributed by atoms with Gasteiger partial charge >= 0.3 is 25.6 Å². The number of likely N-dealkylation sites (tertiary alicyclic amines) is 1. The van der Waals surface area contributed by atoms with Gasteiger partial charge in [0.2, 0.25) is 0 Å². The van der Waals surface area contributed by atoms with E-state index in [0.29, 0.717) is 19.3 Å². The van der Waals surface area contributed by atoms with E-state index in [1.807, 2.05) is 6.92 Å². The molecule has 14 heteroatoms. The Kier molecular flexibility index (Phi) is 11.8. The summed E-state index contributed by atoms with van der Waals surface area (Å²) in [5.74, 6) is -4.94. The molecule has 10 nitrogen and oxygen atoms in total. The molecule has 0 aliphatic carbocycles. The average molecular weight is 503 g/mol. The first kappa shape index (κ1) is 29.3. The zero-order valence-corrected chi connectivity index (χ0v) is 19.7. The van der Waals surface area contributed by atoms with E-state index < -0.39 is 49.5 Å². The Balaban J connectivity index is 2.89. The van der Waals surface area contributed by atoms with Crippen molar-refractivity contribution in [1.82, 2.24) is 10.2 Å². The second kappa shape index (κ2) is 13.3. The molecule has 0 bridgehead atoms. The van der Waals surface area contributed by atoms with Crippen LogP contribution >= 0.6 is 7.60 Å². The Morgan fingerprint density at radius 1 is 1.24 bits per heavy atom. The minimum Gasteiger partial charge on any atom is -0.480 e. The summed E-state index contributed by atoms with van der Waals surface area (Å²) in [6, 6.07) is -1.05. The summed E-state index contributed by atoms with van der Waals surface area (Å²) in [6.07, 6.45) is -3.76. The summed E-state index contributed by atoms with van der Waals surface area (Å²) in [5, 5.41) is 11.1. The van der Waals surface area contributed by atoms with Crippen LogP contribution in [0.1, 0.15) is 58.3 Å². The molecule has 192 valence electrons. The number of nitrogens with zero attached hydrogens (tertiary/aromatic N) is 1. The van der Waals surface area contributed by atoms with Crippen LogP contribution in [0.3, 0.4) is 0 Å². The van der Waals surface area contributed by atoms with Gasteiger partial charge in [0.25, 0.3) is 5.91 Å². The SMILES string of the molecule is CCCC[C@@H](N)P(=O)(OC)OC(CCCCNC(=O)C(F)(F)F)C(=O)N1CCC[C@H]1C(=O)O. The topological polar surface area (TPSA) is 148 Å². The molecule has 1 heterocycles. The molecular weight excluding hydrogens is 470 g/mol. The lowest BCUT2D eigenvalue weighted by atomic mass is 10.1. The van der Waals surface area contributed by atoms with Crippen LogP contribution in [0.4, 0.5) is 13.2 Å². The van der Waals surface area contributed by atoms with Gasteiger partial charge in [-0.3, -0.25) is 18.7 Å². The Morgan fingerprint density at radius 2 is 1.91 bits per heavy atom. The maximum Gasteiger partial charge on any atom is 0.471 e. The second-order valence-corrected chi connectivity index (χ2v) is 10.1. The largest absolute Gasteiger partial charge is 0.480 e. The molecule has 0 aromatic rings. The number of hydrogen-bond acceptors (Lipinski definition) is 7. The van der Waals surface area contributed by atoms with Gasteiger partial charge in [-0.05, 0) is 38.5 Å². The number of carbonyl (C=O) groups excluding carboxylic acids is 2. The normalized spacial score (nSPS) is 20.2. The van der Waals surface area contributed by atoms with Crippen LogP contribution in [-0.4, -0.2) is 72.1 Å². The monoisotopic (exact) mass is 503 g/mol. The van der Waals surface area contributed by atoms with Crippen molar-refractivity contribution >= 4 is 25.4 Å². The van der Waals surface area contributed by atoms with Crippen LogP contribution in [0.25, 0.3) is 0 Å². The molecule has 0 aromatic carbocycles. The van der Waals surface area contributed by atoms with Crippen molar-refractivity contribution in [2.75, 3.05) is 20.2 Å². The molecule has 0 spiro atoms. The molecule has 0 radical (unpaired) electrons. The van der Waals surface area contributed by atoms with Crippen LogP contribution < -0.4 is 11.1 Å². The van der Waals surface area contributed by atoms with Crippen molar-refractivity contribution in [2.45, 2.75) is 82.4 Å². The highest BCUT2D eigenvalue weighted by molar-refractivity contribution is 7.54. The van der Waals surface area contributed by atoms with Crippen molar-refractivity contribution in [2.24, 2.45) is 5.73 Å². The van der Waals surface area contributed by atoms with E-state index in [1.165, 1.54) is 0 Å². The number of halogens is 3. The van der Waals surface area contributed by atoms with Gasteiger partial charge in [0.1, 0.15) is 17.9 Å². The fourth-order valence-electron chi connectivity index (χ4n) is 3.46. The van der Waals surface area contributed by atoms with E-state index >= 15 is 0 Å². The number of carboxylic acid groups (broad SMARTS) is 1. The summed E-state index contributed by atoms with van der Waals surface area (Å²) in [7, 11) is -2.81. The van der Waals surface area contributed by atoms with Gasteiger partial charge in [0.15, 0.2) is 0 Å². The third kappa shape index (κ3) is 8.88. The van der Waals surface area contributed by atoms with Gasteiger partial charge in [-0.15, -0.1) is 0 Å². The lowest BCUT2D eigenvalue weighted by Gasteiger charge is -2.30. The number of amides is 2. The number of nitrogens with two attached hydrogens (primary N) is 1. The highest BCUT2D eigenvalue weighted by atomic mass is 31.2. The molecule has 1 saturated heterocycles. The van der Waals surface area contributed by atoms with E-state index in [2.05, 4.69) is 0 Å². The summed E-state index contributed by atoms with van der Waals surface area (Å²) < 4.78 is 60.6. The fourth-order valence-corrected chi connectivity index (χ4v) is 5.02. The molecule has 1 aliphatic rings. The molecule has 1 aliphatic heterocycles. The minimum atomic E-state index is -5.00. The Labute approximate surface area is 190 Å². The van der Waals surface area contributed by atoms with Crippen LogP contribution in [0, 0.1) is 0 Å². The summed E-state index contributed by atoms with van der Waals surface area (Å²) >= 11 is 0. The zero-order valence-electron chi connectivity index (χ0n) is 18.8. The molecule has 4 N–H and O–H groups in total. The molecule has 1 fully saturated rings. The smallest absolute Gasteiger partial charge is 0.471 e. The van der Waals surface area contributed by atoms with Crippen molar-refractivity contribution in [3.8, 4) is 0 Å². The average Bonchev–Trinajstić information content (AvgIpc) is 3.25. The molecule has 2 unspecified atom stereocenters. The number of unbranched alkanes of at least 4 members (excludes halogenated alkanes) is 2. The first-order chi connectivity index (χ1) is 15.4. The maximum atomic E-state index is 13.2. The van der Waals surface area contributed by atoms with E-state index in [9.17, 15) is 37.2 Å². The predicted octanol–water partition coefficient (Wildman–Crippen LogP) is 2.61. The number of hydrogen-bond donors (Lipinski definition) is 3. The van der Waals surface area contributed by atoms with Crippen LogP contribution in [-0.2, 0) is 28.0 Å². The Hall–Kier alpha value is -1.69. The predicted molar refractivity (Wildman–Crippen MR) is 112 cm³/mol. The van der Waals surface area contributed by atoms with Gasteiger partial charge in [0, 0.05) is 20.2 Å². The van der Waals surface area contributed by atoms with Crippen molar-refractivity contribution in [3.05, 3.63) is 0 Å². The fraction of sp³-hybridized carbons (Fsp3) is 0.842. The molecule has 1 rings (SSSR count).